The quantitative estimate of drug-likeness (QED) is 0.189. The Morgan fingerprint density at radius 1 is 0.511 bits per heavy atom. The molecule has 3 heterocycles. The Bertz CT molecular complexity index is 2720. The van der Waals surface area contributed by atoms with Gasteiger partial charge in [-0.2, -0.15) is 10.5 Å². The van der Waals surface area contributed by atoms with Gasteiger partial charge in [-0.25, -0.2) is 4.90 Å². The Morgan fingerprint density at radius 3 is 1.81 bits per heavy atom. The first-order valence-electron chi connectivity index (χ1n) is 15.1. The van der Waals surface area contributed by atoms with E-state index in [1.165, 1.54) is 0 Å². The summed E-state index contributed by atoms with van der Waals surface area (Å²) >= 11 is 0. The summed E-state index contributed by atoms with van der Waals surface area (Å²) in [6, 6.07) is 44.7. The van der Waals surface area contributed by atoms with Crippen LogP contribution in [0.15, 0.2) is 127 Å². The Hall–Kier alpha value is -6.96. The highest BCUT2D eigenvalue weighted by Gasteiger charge is 2.37. The number of benzene rings is 6. The molecular weight excluding hydrogens is 582 g/mol. The highest BCUT2D eigenvalue weighted by Crippen LogP contribution is 2.43. The van der Waals surface area contributed by atoms with Gasteiger partial charge in [-0.3, -0.25) is 9.59 Å². The van der Waals surface area contributed by atoms with Crippen molar-refractivity contribution in [2.45, 2.75) is 0 Å². The van der Waals surface area contributed by atoms with Crippen LogP contribution in [-0.4, -0.2) is 20.9 Å². The van der Waals surface area contributed by atoms with Crippen LogP contribution in [0.5, 0.6) is 0 Å². The van der Waals surface area contributed by atoms with Gasteiger partial charge in [0, 0.05) is 32.9 Å². The number of imide groups is 1. The number of aromatic nitrogens is 2. The molecule has 0 aliphatic carbocycles. The van der Waals surface area contributed by atoms with Gasteiger partial charge in [-0.15, -0.1) is 0 Å². The number of nitrogens with zero attached hydrogens (tertiary/aromatic N) is 5. The summed E-state index contributed by atoms with van der Waals surface area (Å²) in [5.41, 5.74) is 7.26. The van der Waals surface area contributed by atoms with Gasteiger partial charge in [0.1, 0.15) is 6.07 Å². The lowest BCUT2D eigenvalue weighted by Crippen LogP contribution is -2.30. The summed E-state index contributed by atoms with van der Waals surface area (Å²) in [6.45, 7) is 0. The maximum Gasteiger partial charge on any atom is 0.266 e. The van der Waals surface area contributed by atoms with Crippen LogP contribution in [-0.2, 0) is 0 Å². The molecular formula is C40H21N5O2. The molecule has 2 amide bonds. The first kappa shape index (κ1) is 26.4. The maximum atomic E-state index is 13.6. The number of para-hydroxylation sites is 2. The molecule has 0 atom stereocenters. The van der Waals surface area contributed by atoms with Crippen LogP contribution >= 0.6 is 0 Å². The van der Waals surface area contributed by atoms with Crippen molar-refractivity contribution in [3.8, 4) is 23.5 Å². The average molecular weight is 604 g/mol. The SMILES string of the molecule is N#Cc1ccc(-n2c3ccccc3c3c2ccc2c4ccccc4n(-c4ccc(C#N)c(N5C(=O)c6ccccc6C5=O)c4)c23)cc1. The van der Waals surface area contributed by atoms with E-state index < -0.39 is 11.8 Å². The molecule has 218 valence electrons. The van der Waals surface area contributed by atoms with Crippen molar-refractivity contribution in [2.75, 3.05) is 4.90 Å². The number of amides is 2. The first-order valence-corrected chi connectivity index (χ1v) is 15.1. The molecule has 0 bridgehead atoms. The van der Waals surface area contributed by atoms with Crippen molar-refractivity contribution in [3.05, 3.63) is 150 Å². The Kier molecular flexibility index (Phi) is 5.50. The smallest absolute Gasteiger partial charge is 0.266 e. The normalized spacial score (nSPS) is 12.7. The van der Waals surface area contributed by atoms with E-state index in [4.69, 9.17) is 0 Å². The van der Waals surface area contributed by atoms with E-state index in [1.807, 2.05) is 54.6 Å². The molecule has 0 N–H and O–H groups in total. The summed E-state index contributed by atoms with van der Waals surface area (Å²) in [5.74, 6) is -0.899. The third kappa shape index (κ3) is 3.60. The summed E-state index contributed by atoms with van der Waals surface area (Å²) in [7, 11) is 0. The summed E-state index contributed by atoms with van der Waals surface area (Å²) in [6.07, 6.45) is 0. The maximum absolute atomic E-state index is 13.6. The second kappa shape index (κ2) is 9.77. The second-order valence-corrected chi connectivity index (χ2v) is 11.5. The van der Waals surface area contributed by atoms with Gasteiger partial charge >= 0.3 is 0 Å². The monoisotopic (exact) mass is 603 g/mol. The fraction of sp³-hybridized carbons (Fsp3) is 0. The largest absolute Gasteiger partial charge is 0.309 e. The summed E-state index contributed by atoms with van der Waals surface area (Å²) < 4.78 is 4.36. The number of fused-ring (bicyclic) bond motifs is 8. The molecule has 0 radical (unpaired) electrons. The molecule has 9 rings (SSSR count). The van der Waals surface area contributed by atoms with Crippen LogP contribution in [0.4, 0.5) is 5.69 Å². The highest BCUT2D eigenvalue weighted by molar-refractivity contribution is 6.35. The molecule has 7 heteroatoms. The van der Waals surface area contributed by atoms with Crippen LogP contribution in [0, 0.1) is 22.7 Å². The van der Waals surface area contributed by atoms with Gasteiger partial charge in [-0.05, 0) is 72.8 Å². The number of carbonyl (C=O) groups is 2. The van der Waals surface area contributed by atoms with Crippen molar-refractivity contribution < 1.29 is 9.59 Å². The van der Waals surface area contributed by atoms with E-state index >= 15 is 0 Å². The van der Waals surface area contributed by atoms with Crippen LogP contribution in [0.25, 0.3) is 55.0 Å². The number of hydrogen-bond donors (Lipinski definition) is 0. The van der Waals surface area contributed by atoms with Crippen molar-refractivity contribution >= 4 is 61.1 Å². The lowest BCUT2D eigenvalue weighted by atomic mass is 10.1. The molecule has 0 fully saturated rings. The molecule has 47 heavy (non-hydrogen) atoms. The van der Waals surface area contributed by atoms with Gasteiger partial charge < -0.3 is 9.13 Å². The van der Waals surface area contributed by atoms with E-state index in [-0.39, 0.29) is 11.3 Å². The zero-order chi connectivity index (χ0) is 31.8. The Balaban J connectivity index is 1.37. The minimum atomic E-state index is -0.450. The summed E-state index contributed by atoms with van der Waals surface area (Å²) in [5, 5.41) is 23.7. The van der Waals surface area contributed by atoms with E-state index in [2.05, 4.69) is 57.7 Å². The molecule has 0 saturated carbocycles. The van der Waals surface area contributed by atoms with E-state index in [0.29, 0.717) is 22.4 Å². The van der Waals surface area contributed by atoms with Crippen molar-refractivity contribution in [3.63, 3.8) is 0 Å². The average Bonchev–Trinajstić information content (AvgIpc) is 3.73. The third-order valence-corrected chi connectivity index (χ3v) is 9.12. The standard InChI is InChI=1S/C40H21N5O2/c41-22-24-13-16-26(17-14-24)43-34-12-6-4-10-32(34)37-35(43)20-19-29-28-7-3-5-11-33(28)44(38(29)37)27-18-15-25(23-42)36(21-27)45-39(46)30-8-1-2-9-31(30)40(45)47/h1-21H. The fourth-order valence-electron chi connectivity index (χ4n) is 7.09. The third-order valence-electron chi connectivity index (χ3n) is 9.12. The number of carbonyl (C=O) groups excluding carboxylic acids is 2. The fourth-order valence-corrected chi connectivity index (χ4v) is 7.09. The molecule has 6 aromatic carbocycles. The van der Waals surface area contributed by atoms with Gasteiger partial charge in [0.2, 0.25) is 0 Å². The zero-order valence-corrected chi connectivity index (χ0v) is 24.7. The van der Waals surface area contributed by atoms with Crippen molar-refractivity contribution in [1.82, 2.24) is 9.13 Å². The molecule has 0 spiro atoms. The number of rotatable bonds is 3. The van der Waals surface area contributed by atoms with Crippen LogP contribution in [0.2, 0.25) is 0 Å². The van der Waals surface area contributed by atoms with Gasteiger partial charge in [0.25, 0.3) is 11.8 Å². The second-order valence-electron chi connectivity index (χ2n) is 11.5. The minimum absolute atomic E-state index is 0.228. The lowest BCUT2D eigenvalue weighted by Gasteiger charge is -2.18. The molecule has 0 unspecified atom stereocenters. The topological polar surface area (TPSA) is 94.8 Å². The Labute approximate surface area is 267 Å². The number of nitriles is 2. The van der Waals surface area contributed by atoms with Gasteiger partial charge in [0.05, 0.1) is 56.1 Å². The highest BCUT2D eigenvalue weighted by atomic mass is 16.2. The molecule has 1 aliphatic rings. The predicted octanol–water partition coefficient (Wildman–Crippen LogP) is 8.42. The molecule has 2 aromatic heterocycles. The van der Waals surface area contributed by atoms with Crippen molar-refractivity contribution in [1.29, 1.82) is 10.5 Å². The van der Waals surface area contributed by atoms with Crippen LogP contribution in [0.3, 0.4) is 0 Å². The number of hydrogen-bond acceptors (Lipinski definition) is 4. The predicted molar refractivity (Wildman–Crippen MR) is 182 cm³/mol. The van der Waals surface area contributed by atoms with Gasteiger partial charge in [-0.1, -0.05) is 54.6 Å². The first-order chi connectivity index (χ1) is 23.1. The summed E-state index contributed by atoms with van der Waals surface area (Å²) in [4.78, 5) is 28.2. The minimum Gasteiger partial charge on any atom is -0.309 e. The molecule has 0 saturated heterocycles. The molecule has 7 nitrogen and oxygen atoms in total. The van der Waals surface area contributed by atoms with Gasteiger partial charge in [0.15, 0.2) is 0 Å². The van der Waals surface area contributed by atoms with Crippen LogP contribution < -0.4 is 4.90 Å². The Morgan fingerprint density at radius 2 is 1.13 bits per heavy atom. The zero-order valence-electron chi connectivity index (χ0n) is 24.7. The number of anilines is 1. The molecule has 8 aromatic rings. The lowest BCUT2D eigenvalue weighted by molar-refractivity contribution is 0.0926. The van der Waals surface area contributed by atoms with E-state index in [9.17, 15) is 20.1 Å². The van der Waals surface area contributed by atoms with Crippen molar-refractivity contribution in [2.24, 2.45) is 0 Å². The van der Waals surface area contributed by atoms with E-state index in [1.54, 1.807) is 36.4 Å². The van der Waals surface area contributed by atoms with Crippen LogP contribution in [0.1, 0.15) is 31.8 Å². The molecule has 1 aliphatic heterocycles. The van der Waals surface area contributed by atoms with E-state index in [0.717, 1.165) is 54.2 Å².